The Balaban J connectivity index is 1.52. The van der Waals surface area contributed by atoms with Crippen molar-refractivity contribution in [3.8, 4) is 11.1 Å². The monoisotopic (exact) mass is 511 g/mol. The number of methoxy groups -OCH3 is 1. The van der Waals surface area contributed by atoms with Gasteiger partial charge >= 0.3 is 0 Å². The Bertz CT molecular complexity index is 1030. The van der Waals surface area contributed by atoms with Crippen molar-refractivity contribution >= 4 is 14.4 Å². The predicted octanol–water partition coefficient (Wildman–Crippen LogP) is 7.72. The number of halogens is 1. The molecule has 0 amide bonds. The van der Waals surface area contributed by atoms with Gasteiger partial charge in [-0.2, -0.15) is 0 Å². The van der Waals surface area contributed by atoms with E-state index in [0.717, 1.165) is 42.5 Å². The van der Waals surface area contributed by atoms with Crippen LogP contribution >= 0.6 is 0 Å². The summed E-state index contributed by atoms with van der Waals surface area (Å²) >= 11 is 0. The van der Waals surface area contributed by atoms with E-state index in [1.807, 2.05) is 24.4 Å². The van der Waals surface area contributed by atoms with Crippen LogP contribution in [-0.2, 0) is 13.9 Å². The summed E-state index contributed by atoms with van der Waals surface area (Å²) in [5.41, 5.74) is 2.68. The number of fused-ring (bicyclic) bond motifs is 1. The molecule has 4 nitrogen and oxygen atoms in total. The molecular formula is C30H42FNO3Si. The normalized spacial score (nSPS) is 26.9. The lowest BCUT2D eigenvalue weighted by Crippen LogP contribution is -2.45. The second kappa shape index (κ2) is 11.3. The summed E-state index contributed by atoms with van der Waals surface area (Å²) < 4.78 is 31.7. The van der Waals surface area contributed by atoms with Crippen LogP contribution in [0.5, 0.6) is 0 Å². The lowest BCUT2D eigenvalue weighted by molar-refractivity contribution is -0.0930. The second-order valence-corrected chi connectivity index (χ2v) is 16.8. The first-order valence-electron chi connectivity index (χ1n) is 13.3. The Kier molecular flexibility index (Phi) is 8.50. The molecule has 1 aromatic heterocycles. The van der Waals surface area contributed by atoms with Crippen LogP contribution in [0.4, 0.5) is 4.39 Å². The SMILES string of the molecule is COCO[C@@H]1CC[C@H]2[C@H](C1)C[C@H](O[Si](C)(C)C(C)(C)C)[C@H]2C=Cc1ccc(-c2cccc(F)c2)cn1. The summed E-state index contributed by atoms with van der Waals surface area (Å²) in [5, 5.41) is 0.174. The molecular weight excluding hydrogens is 469 g/mol. The zero-order valence-corrected chi connectivity index (χ0v) is 23.7. The molecule has 2 aliphatic carbocycles. The van der Waals surface area contributed by atoms with Crippen LogP contribution in [0, 0.1) is 23.6 Å². The van der Waals surface area contributed by atoms with Crippen molar-refractivity contribution in [3.05, 3.63) is 60.2 Å². The van der Waals surface area contributed by atoms with Gasteiger partial charge in [0.05, 0.1) is 17.9 Å². The third kappa shape index (κ3) is 6.33. The Morgan fingerprint density at radius 2 is 1.89 bits per heavy atom. The topological polar surface area (TPSA) is 40.6 Å². The number of ether oxygens (including phenoxy) is 2. The van der Waals surface area contributed by atoms with E-state index in [4.69, 9.17) is 13.9 Å². The van der Waals surface area contributed by atoms with Crippen molar-refractivity contribution in [2.45, 2.75) is 76.8 Å². The van der Waals surface area contributed by atoms with Gasteiger partial charge in [-0.05, 0) is 85.5 Å². The Hall–Kier alpha value is -1.86. The van der Waals surface area contributed by atoms with E-state index in [-0.39, 0.29) is 23.1 Å². The van der Waals surface area contributed by atoms with E-state index in [2.05, 4.69) is 51.0 Å². The maximum atomic E-state index is 13.6. The molecule has 0 N–H and O–H groups in total. The van der Waals surface area contributed by atoms with Gasteiger partial charge in [-0.1, -0.05) is 45.0 Å². The molecule has 6 heteroatoms. The van der Waals surface area contributed by atoms with Crippen LogP contribution in [0.3, 0.4) is 0 Å². The predicted molar refractivity (Wildman–Crippen MR) is 146 cm³/mol. The fourth-order valence-electron chi connectivity index (χ4n) is 5.57. The van der Waals surface area contributed by atoms with Crippen LogP contribution in [0.25, 0.3) is 17.2 Å². The summed E-state index contributed by atoms with van der Waals surface area (Å²) in [4.78, 5) is 4.66. The number of rotatable bonds is 8. The summed E-state index contributed by atoms with van der Waals surface area (Å²) in [6, 6.07) is 10.7. The number of nitrogens with zero attached hydrogens (tertiary/aromatic N) is 1. The zero-order valence-electron chi connectivity index (χ0n) is 22.7. The van der Waals surface area contributed by atoms with Gasteiger partial charge in [0.25, 0.3) is 0 Å². The highest BCUT2D eigenvalue weighted by atomic mass is 28.4. The summed E-state index contributed by atoms with van der Waals surface area (Å²) in [7, 11) is -0.219. The fraction of sp³-hybridized carbons (Fsp3) is 0.567. The molecule has 0 aliphatic heterocycles. The highest BCUT2D eigenvalue weighted by molar-refractivity contribution is 6.74. The van der Waals surface area contributed by atoms with Crippen LogP contribution in [0.2, 0.25) is 18.1 Å². The molecule has 2 saturated carbocycles. The smallest absolute Gasteiger partial charge is 0.192 e. The maximum absolute atomic E-state index is 13.6. The van der Waals surface area contributed by atoms with Crippen LogP contribution in [0.1, 0.15) is 52.1 Å². The van der Waals surface area contributed by atoms with Gasteiger partial charge in [-0.3, -0.25) is 4.98 Å². The number of benzene rings is 1. The Morgan fingerprint density at radius 3 is 2.56 bits per heavy atom. The molecule has 36 heavy (non-hydrogen) atoms. The number of hydrogen-bond acceptors (Lipinski definition) is 4. The minimum atomic E-state index is -1.90. The van der Waals surface area contributed by atoms with Gasteiger partial charge in [0, 0.05) is 24.8 Å². The molecule has 4 rings (SSSR count). The molecule has 5 atom stereocenters. The fourth-order valence-corrected chi connectivity index (χ4v) is 6.93. The maximum Gasteiger partial charge on any atom is 0.192 e. The molecule has 1 heterocycles. The van der Waals surface area contributed by atoms with Crippen molar-refractivity contribution in [1.82, 2.24) is 4.98 Å². The summed E-state index contributed by atoms with van der Waals surface area (Å²) in [6.45, 7) is 12.0. The Morgan fingerprint density at radius 1 is 1.08 bits per heavy atom. The van der Waals surface area contributed by atoms with E-state index < -0.39 is 8.32 Å². The average Bonchev–Trinajstić information content (AvgIpc) is 3.16. The molecule has 2 aromatic rings. The quantitative estimate of drug-likeness (QED) is 0.269. The minimum absolute atomic E-state index is 0.174. The molecule has 0 spiro atoms. The van der Waals surface area contributed by atoms with Crippen molar-refractivity contribution < 1.29 is 18.3 Å². The first-order chi connectivity index (χ1) is 17.1. The van der Waals surface area contributed by atoms with Crippen molar-refractivity contribution in [1.29, 1.82) is 0 Å². The largest absolute Gasteiger partial charge is 0.413 e. The van der Waals surface area contributed by atoms with Gasteiger partial charge in [0.2, 0.25) is 0 Å². The van der Waals surface area contributed by atoms with Gasteiger partial charge in [-0.25, -0.2) is 4.39 Å². The van der Waals surface area contributed by atoms with Crippen molar-refractivity contribution in [2.24, 2.45) is 17.8 Å². The first-order valence-corrected chi connectivity index (χ1v) is 16.2. The van der Waals surface area contributed by atoms with Crippen LogP contribution in [0.15, 0.2) is 48.7 Å². The molecule has 0 bridgehead atoms. The van der Waals surface area contributed by atoms with E-state index in [0.29, 0.717) is 24.5 Å². The number of aromatic nitrogens is 1. The molecule has 0 unspecified atom stereocenters. The summed E-state index contributed by atoms with van der Waals surface area (Å²) in [5.74, 6) is 1.35. The van der Waals surface area contributed by atoms with Gasteiger partial charge in [0.1, 0.15) is 12.6 Å². The second-order valence-electron chi connectivity index (χ2n) is 12.0. The van der Waals surface area contributed by atoms with Gasteiger partial charge in [-0.15, -0.1) is 0 Å². The van der Waals surface area contributed by atoms with E-state index in [1.165, 1.54) is 6.07 Å². The molecule has 2 aliphatic rings. The Labute approximate surface area is 217 Å². The standard InChI is InChI=1S/C30H42FNO3Si/c1-30(2,3)36(5,6)35-29-18-23-17-26(34-20-33-4)13-15-27(23)28(29)14-12-25-11-10-22(19-32-25)21-8-7-9-24(31)16-21/h7-12,14,16,19,23,26-29H,13,15,17-18,20H2,1-6H3/t23-,26-,27+,28+,29+/m1/s1. The molecule has 2 fully saturated rings. The van der Waals surface area contributed by atoms with E-state index >= 15 is 0 Å². The molecule has 0 radical (unpaired) electrons. The third-order valence-electron chi connectivity index (χ3n) is 8.56. The molecule has 0 saturated heterocycles. The van der Waals surface area contributed by atoms with Crippen LogP contribution in [-0.4, -0.2) is 39.4 Å². The van der Waals surface area contributed by atoms with Gasteiger partial charge < -0.3 is 13.9 Å². The van der Waals surface area contributed by atoms with Gasteiger partial charge in [0.15, 0.2) is 8.32 Å². The van der Waals surface area contributed by atoms with Crippen molar-refractivity contribution in [3.63, 3.8) is 0 Å². The molecule has 196 valence electrons. The third-order valence-corrected chi connectivity index (χ3v) is 13.1. The minimum Gasteiger partial charge on any atom is -0.413 e. The van der Waals surface area contributed by atoms with Crippen LogP contribution < -0.4 is 0 Å². The number of hydrogen-bond donors (Lipinski definition) is 0. The highest BCUT2D eigenvalue weighted by Gasteiger charge is 2.49. The lowest BCUT2D eigenvalue weighted by atomic mass is 9.76. The van der Waals surface area contributed by atoms with Crippen molar-refractivity contribution in [2.75, 3.05) is 13.9 Å². The average molecular weight is 512 g/mol. The number of pyridine rings is 1. The molecule has 1 aromatic carbocycles. The zero-order chi connectivity index (χ0) is 25.9. The highest BCUT2D eigenvalue weighted by Crippen LogP contribution is 2.50. The lowest BCUT2D eigenvalue weighted by Gasteiger charge is -2.40. The summed E-state index contributed by atoms with van der Waals surface area (Å²) in [6.07, 6.45) is 11.2. The van der Waals surface area contributed by atoms with E-state index in [1.54, 1.807) is 19.2 Å². The first kappa shape index (κ1) is 27.2. The van der Waals surface area contributed by atoms with E-state index in [9.17, 15) is 4.39 Å².